The van der Waals surface area contributed by atoms with Gasteiger partial charge in [-0.3, -0.25) is 0 Å². The fourth-order valence-corrected chi connectivity index (χ4v) is 7.14. The Balaban J connectivity index is 1.41. The van der Waals surface area contributed by atoms with Gasteiger partial charge in [-0.15, -0.1) is 0 Å². The topological polar surface area (TPSA) is 13.1 Å². The van der Waals surface area contributed by atoms with Gasteiger partial charge in [0.05, 0.1) is 28.8 Å². The fraction of sp³-hybridized carbons (Fsp3) is 0. The lowest BCUT2D eigenvalue weighted by Gasteiger charge is -2.20. The van der Waals surface area contributed by atoms with E-state index in [0.29, 0.717) is 21.9 Å². The van der Waals surface area contributed by atoms with Crippen LogP contribution in [0.5, 0.6) is 0 Å². The van der Waals surface area contributed by atoms with E-state index in [-0.39, 0.29) is 11.1 Å². The second-order valence-corrected chi connectivity index (χ2v) is 12.4. The molecule has 0 N–H and O–H groups in total. The second kappa shape index (κ2) is 11.8. The molecule has 10 aromatic carbocycles. The second-order valence-electron chi connectivity index (χ2n) is 12.4. The molecule has 1 aromatic heterocycles. The molecule has 0 aliphatic rings. The van der Waals surface area contributed by atoms with Crippen molar-refractivity contribution in [2.75, 3.05) is 0 Å². The van der Waals surface area contributed by atoms with Crippen LogP contribution in [0.1, 0.15) is 28.8 Å². The van der Waals surface area contributed by atoms with E-state index < -0.39 is 192 Å². The maximum absolute atomic E-state index is 10.3. The molecule has 0 saturated heterocycles. The van der Waals surface area contributed by atoms with Gasteiger partial charge in [0.25, 0.3) is 0 Å². The molecule has 0 aliphatic carbocycles. The molecule has 0 aliphatic heterocycles. The predicted octanol–water partition coefficient (Wildman–Crippen LogP) is 14.9. The largest absolute Gasteiger partial charge is 0.456 e. The van der Waals surface area contributed by atoms with Crippen molar-refractivity contribution in [3.8, 4) is 44.5 Å². The van der Waals surface area contributed by atoms with Crippen LogP contribution in [0.15, 0.2) is 198 Å². The molecule has 1 heteroatoms. The minimum Gasteiger partial charge on any atom is -0.456 e. The van der Waals surface area contributed by atoms with E-state index in [2.05, 4.69) is 0 Å². The lowest BCUT2D eigenvalue weighted by atomic mass is 9.83. The summed E-state index contributed by atoms with van der Waals surface area (Å²) in [5.74, 6) is 0. The molecule has 11 rings (SSSR count). The molecule has 0 saturated carbocycles. The lowest BCUT2D eigenvalue weighted by molar-refractivity contribution is 0.669. The molecule has 0 spiro atoms. The van der Waals surface area contributed by atoms with Gasteiger partial charge < -0.3 is 4.42 Å². The van der Waals surface area contributed by atoms with E-state index in [1.54, 1.807) is 18.2 Å². The van der Waals surface area contributed by atoms with Gasteiger partial charge in [0.1, 0.15) is 11.2 Å². The Labute approximate surface area is 336 Å². The average Bonchev–Trinajstić information content (AvgIpc) is 3.76. The first kappa shape index (κ1) is 15.7. The van der Waals surface area contributed by atoms with Crippen LogP contribution in [-0.4, -0.2) is 0 Å². The quantitative estimate of drug-likeness (QED) is 0.167. The van der Waals surface area contributed by atoms with Gasteiger partial charge in [-0.05, 0) is 124 Å². The molecule has 11 aromatic rings. The van der Waals surface area contributed by atoms with Crippen molar-refractivity contribution < 1.29 is 33.2 Å². The molecular weight excluding hydrogens is 641 g/mol. The van der Waals surface area contributed by atoms with Crippen LogP contribution >= 0.6 is 0 Å². The Morgan fingerprint density at radius 3 is 1.45 bits per heavy atom. The van der Waals surface area contributed by atoms with E-state index in [9.17, 15) is 12.3 Å². The summed E-state index contributed by atoms with van der Waals surface area (Å²) in [6.07, 6.45) is 0. The summed E-state index contributed by atoms with van der Waals surface area (Å²) in [7, 11) is 0. The van der Waals surface area contributed by atoms with Crippen molar-refractivity contribution in [2.24, 2.45) is 0 Å². The maximum Gasteiger partial charge on any atom is 0.135 e. The number of rotatable bonds is 4. The molecule has 0 radical (unpaired) electrons. The summed E-state index contributed by atoms with van der Waals surface area (Å²) in [5, 5.41) is -3.37. The summed E-state index contributed by atoms with van der Waals surface area (Å²) in [5.41, 5.74) is 0.238. The number of benzene rings is 10. The van der Waals surface area contributed by atoms with E-state index in [0.717, 1.165) is 11.1 Å². The summed E-state index contributed by atoms with van der Waals surface area (Å²) in [4.78, 5) is 0. The molecule has 1 heterocycles. The van der Waals surface area contributed by atoms with Gasteiger partial charge in [0.15, 0.2) is 0 Å². The van der Waals surface area contributed by atoms with Gasteiger partial charge in [0.2, 0.25) is 0 Å². The van der Waals surface area contributed by atoms with Crippen molar-refractivity contribution in [2.45, 2.75) is 0 Å². The highest BCUT2D eigenvalue weighted by atomic mass is 16.3. The highest BCUT2D eigenvalue weighted by Gasteiger charge is 2.20. The van der Waals surface area contributed by atoms with Crippen LogP contribution < -0.4 is 0 Å². The van der Waals surface area contributed by atoms with Crippen LogP contribution in [0.3, 0.4) is 0 Å². The van der Waals surface area contributed by atoms with Gasteiger partial charge in [-0.25, -0.2) is 0 Å². The number of hydrogen-bond acceptors (Lipinski definition) is 1. The molecule has 0 fully saturated rings. The Hall–Kier alpha value is -6.96. The lowest BCUT2D eigenvalue weighted by Crippen LogP contribution is -1.93. The SMILES string of the molecule is [2H]c1c([2H])c([2H])c2c(-c3c4c([2H])c([2H])c([2H])c([2H])c4c(-c4c([2H])c(-c5ccc6oc7ccc(-c8ccccc8)cc7c6c5)c([2H])c5c([2H])c([2H])c([2H])c([2H])c45)c4c([2H])c([2H])c([2H])c([2H])c34)c([2H])c([2H])c([2H])c2c1[2H]. The summed E-state index contributed by atoms with van der Waals surface area (Å²) in [6, 6.07) is 2.44. The first-order chi connectivity index (χ1) is 35.0. The third kappa shape index (κ3) is 4.71. The number of furan rings is 1. The molecule has 0 bridgehead atoms. The maximum atomic E-state index is 10.3. The minimum absolute atomic E-state index is 0.155. The molecule has 53 heavy (non-hydrogen) atoms. The zero-order valence-corrected chi connectivity index (χ0v) is 27.3. The van der Waals surface area contributed by atoms with Crippen LogP contribution in [0.2, 0.25) is 0 Å². The third-order valence-corrected chi connectivity index (χ3v) is 9.49. The first-order valence-corrected chi connectivity index (χ1v) is 16.5. The summed E-state index contributed by atoms with van der Waals surface area (Å²) < 4.78 is 200. The number of fused-ring (bicyclic) bond motifs is 7. The zero-order chi connectivity index (χ0) is 53.2. The van der Waals surface area contributed by atoms with Gasteiger partial charge in [-0.1, -0.05) is 157 Å². The van der Waals surface area contributed by atoms with Crippen molar-refractivity contribution in [1.82, 2.24) is 0 Å². The highest BCUT2D eigenvalue weighted by Crippen LogP contribution is 2.47. The Bertz CT molecular complexity index is 4340. The predicted molar refractivity (Wildman–Crippen MR) is 225 cm³/mol. The molecule has 0 unspecified atom stereocenters. The minimum atomic E-state index is -0.910. The molecule has 0 atom stereocenters. The fourth-order valence-electron chi connectivity index (χ4n) is 7.14. The van der Waals surface area contributed by atoms with Crippen LogP contribution in [-0.2, 0) is 0 Å². The first-order valence-electron chi connectivity index (χ1n) is 27.0. The van der Waals surface area contributed by atoms with Crippen LogP contribution in [0, 0.1) is 0 Å². The van der Waals surface area contributed by atoms with Crippen molar-refractivity contribution in [1.29, 1.82) is 0 Å². The smallest absolute Gasteiger partial charge is 0.135 e. The van der Waals surface area contributed by atoms with Crippen molar-refractivity contribution >= 4 is 65.0 Å². The standard InChI is InChI=1S/C52H32O/c1-2-13-33(14-3-1)35-25-27-49-46(30-35)47-31-36(26-28-50(47)53-49)38-29-37-16-5-7-19-40(37)48(32-38)52-44-22-10-8-20-42(44)51(43-21-9-11-23-45(43)52)41-24-12-17-34-15-4-6-18-39(34)41/h1-32H/i4D,5D,6D,7D,8D,9D,10D,11D,12D,15D,16D,17D,18D,19D,20D,21D,22D,23D,24D,29D,32D. The summed E-state index contributed by atoms with van der Waals surface area (Å²) >= 11 is 0. The van der Waals surface area contributed by atoms with E-state index >= 15 is 0 Å². The van der Waals surface area contributed by atoms with E-state index in [4.69, 9.17) is 20.9 Å². The third-order valence-electron chi connectivity index (χ3n) is 9.49. The average molecular weight is 694 g/mol. The van der Waals surface area contributed by atoms with Crippen molar-refractivity contribution in [3.05, 3.63) is 194 Å². The Kier molecular flexibility index (Phi) is 3.50. The van der Waals surface area contributed by atoms with Gasteiger partial charge in [-0.2, -0.15) is 0 Å². The highest BCUT2D eigenvalue weighted by molar-refractivity contribution is 6.25. The molecule has 0 amide bonds. The van der Waals surface area contributed by atoms with Gasteiger partial charge in [0, 0.05) is 10.8 Å². The number of hydrogen-bond donors (Lipinski definition) is 0. The van der Waals surface area contributed by atoms with Gasteiger partial charge >= 0.3 is 0 Å². The van der Waals surface area contributed by atoms with Crippen LogP contribution in [0.4, 0.5) is 0 Å². The molecular formula is C52H32O. The zero-order valence-electron chi connectivity index (χ0n) is 48.3. The van der Waals surface area contributed by atoms with Crippen LogP contribution in [0.25, 0.3) is 110 Å². The van der Waals surface area contributed by atoms with E-state index in [1.807, 2.05) is 42.5 Å². The summed E-state index contributed by atoms with van der Waals surface area (Å²) in [6.45, 7) is 0. The van der Waals surface area contributed by atoms with Crippen molar-refractivity contribution in [3.63, 3.8) is 0 Å². The normalized spacial score (nSPS) is 17.3. The Morgan fingerprint density at radius 1 is 0.340 bits per heavy atom. The molecule has 246 valence electrons. The molecule has 1 nitrogen and oxygen atoms in total. The Morgan fingerprint density at radius 2 is 0.830 bits per heavy atom. The van der Waals surface area contributed by atoms with E-state index in [1.165, 1.54) is 6.07 Å². The monoisotopic (exact) mass is 693 g/mol.